The Morgan fingerprint density at radius 2 is 1.95 bits per heavy atom. The molecule has 6 heteroatoms. The molecule has 0 radical (unpaired) electrons. The lowest BCUT2D eigenvalue weighted by atomic mass is 10.2. The van der Waals surface area contributed by atoms with E-state index >= 15 is 0 Å². The fourth-order valence-electron chi connectivity index (χ4n) is 1.54. The Balaban J connectivity index is 2.13. The van der Waals surface area contributed by atoms with Gasteiger partial charge >= 0.3 is 12.0 Å². The number of rotatable bonds is 7. The van der Waals surface area contributed by atoms with E-state index in [1.807, 2.05) is 0 Å². The second kappa shape index (κ2) is 7.97. The molecule has 2 amide bonds. The van der Waals surface area contributed by atoms with E-state index in [0.29, 0.717) is 18.7 Å². The van der Waals surface area contributed by atoms with Crippen molar-refractivity contribution >= 4 is 17.7 Å². The molecule has 104 valence electrons. The number of aliphatic carboxylic acids is 1. The van der Waals surface area contributed by atoms with Crippen molar-refractivity contribution in [1.82, 2.24) is 5.32 Å². The van der Waals surface area contributed by atoms with Crippen LogP contribution in [-0.4, -0.2) is 28.8 Å². The summed E-state index contributed by atoms with van der Waals surface area (Å²) in [4.78, 5) is 21.7. The van der Waals surface area contributed by atoms with Gasteiger partial charge in [0.05, 0.1) is 0 Å². The molecule has 4 N–H and O–H groups in total. The molecular weight excluding hydrogens is 248 g/mol. The number of hydrogen-bond donors (Lipinski definition) is 4. The summed E-state index contributed by atoms with van der Waals surface area (Å²) in [6.45, 7) is 0.490. The zero-order valence-electron chi connectivity index (χ0n) is 10.6. The maximum Gasteiger partial charge on any atom is 0.319 e. The van der Waals surface area contributed by atoms with Gasteiger partial charge in [-0.05, 0) is 25.0 Å². The summed E-state index contributed by atoms with van der Waals surface area (Å²) in [6.07, 6.45) is 2.28. The third kappa shape index (κ3) is 6.92. The predicted octanol–water partition coefficient (Wildman–Crippen LogP) is 2.16. The predicted molar refractivity (Wildman–Crippen MR) is 71.2 cm³/mol. The number of carboxylic acid groups (broad SMARTS) is 1. The number of amides is 2. The fourth-order valence-corrected chi connectivity index (χ4v) is 1.54. The minimum atomic E-state index is -0.797. The van der Waals surface area contributed by atoms with Crippen LogP contribution in [0.2, 0.25) is 0 Å². The largest absolute Gasteiger partial charge is 0.508 e. The van der Waals surface area contributed by atoms with Crippen molar-refractivity contribution in [3.8, 4) is 5.75 Å². The molecule has 0 aliphatic carbocycles. The number of phenols is 1. The highest BCUT2D eigenvalue weighted by molar-refractivity contribution is 5.89. The van der Waals surface area contributed by atoms with Gasteiger partial charge in [-0.15, -0.1) is 0 Å². The normalized spacial score (nSPS) is 9.89. The van der Waals surface area contributed by atoms with E-state index in [1.165, 1.54) is 12.1 Å². The van der Waals surface area contributed by atoms with Crippen molar-refractivity contribution in [2.75, 3.05) is 11.9 Å². The summed E-state index contributed by atoms with van der Waals surface area (Å²) in [5.41, 5.74) is 0.517. The molecule has 0 aromatic heterocycles. The first kappa shape index (κ1) is 14.8. The average Bonchev–Trinajstić information content (AvgIpc) is 2.33. The molecule has 1 aromatic carbocycles. The van der Waals surface area contributed by atoms with Gasteiger partial charge in [0.1, 0.15) is 5.75 Å². The molecule has 1 aromatic rings. The molecule has 0 bridgehead atoms. The first-order valence-electron chi connectivity index (χ1n) is 6.13. The SMILES string of the molecule is O=C(O)CCCCCNC(=O)Nc1cccc(O)c1. The summed E-state index contributed by atoms with van der Waals surface area (Å²) < 4.78 is 0. The van der Waals surface area contributed by atoms with E-state index in [4.69, 9.17) is 5.11 Å². The molecular formula is C13H18N2O4. The minimum Gasteiger partial charge on any atom is -0.508 e. The highest BCUT2D eigenvalue weighted by atomic mass is 16.4. The third-order valence-corrected chi connectivity index (χ3v) is 2.46. The third-order valence-electron chi connectivity index (χ3n) is 2.46. The number of carbonyl (C=O) groups is 2. The fraction of sp³-hybridized carbons (Fsp3) is 0.385. The van der Waals surface area contributed by atoms with Gasteiger partial charge < -0.3 is 20.8 Å². The van der Waals surface area contributed by atoms with Crippen LogP contribution in [-0.2, 0) is 4.79 Å². The standard InChI is InChI=1S/C13H18N2O4/c16-11-6-4-5-10(9-11)15-13(19)14-8-3-1-2-7-12(17)18/h4-6,9,16H,1-3,7-8H2,(H,17,18)(H2,14,15,19). The molecule has 0 aliphatic rings. The van der Waals surface area contributed by atoms with Gasteiger partial charge in [0.15, 0.2) is 0 Å². The van der Waals surface area contributed by atoms with Crippen LogP contribution in [0.5, 0.6) is 5.75 Å². The molecule has 0 heterocycles. The Morgan fingerprint density at radius 1 is 1.16 bits per heavy atom. The lowest BCUT2D eigenvalue weighted by Crippen LogP contribution is -2.29. The summed E-state index contributed by atoms with van der Waals surface area (Å²) >= 11 is 0. The summed E-state index contributed by atoms with van der Waals surface area (Å²) in [5.74, 6) is -0.707. The van der Waals surface area contributed by atoms with Gasteiger partial charge in [0.25, 0.3) is 0 Å². The molecule has 0 saturated carbocycles. The quantitative estimate of drug-likeness (QED) is 0.568. The van der Waals surface area contributed by atoms with Crippen LogP contribution in [0.15, 0.2) is 24.3 Å². The van der Waals surface area contributed by atoms with Crippen LogP contribution in [0.3, 0.4) is 0 Å². The maximum absolute atomic E-state index is 11.5. The number of carboxylic acids is 1. The van der Waals surface area contributed by atoms with Crippen LogP contribution >= 0.6 is 0 Å². The molecule has 0 fully saturated rings. The summed E-state index contributed by atoms with van der Waals surface area (Å²) in [7, 11) is 0. The van der Waals surface area contributed by atoms with Gasteiger partial charge in [-0.3, -0.25) is 4.79 Å². The van der Waals surface area contributed by atoms with Crippen LogP contribution in [0, 0.1) is 0 Å². The number of urea groups is 1. The van der Waals surface area contributed by atoms with Crippen molar-refractivity contribution < 1.29 is 19.8 Å². The second-order valence-corrected chi connectivity index (χ2v) is 4.14. The minimum absolute atomic E-state index is 0.0893. The second-order valence-electron chi connectivity index (χ2n) is 4.14. The van der Waals surface area contributed by atoms with Crippen molar-refractivity contribution in [1.29, 1.82) is 0 Å². The van der Waals surface area contributed by atoms with E-state index in [9.17, 15) is 14.7 Å². The zero-order valence-corrected chi connectivity index (χ0v) is 10.6. The van der Waals surface area contributed by atoms with Gasteiger partial charge in [0, 0.05) is 24.7 Å². The molecule has 6 nitrogen and oxygen atoms in total. The first-order chi connectivity index (χ1) is 9.08. The number of aromatic hydroxyl groups is 1. The number of carbonyl (C=O) groups excluding carboxylic acids is 1. The average molecular weight is 266 g/mol. The van der Waals surface area contributed by atoms with Crippen LogP contribution in [0.4, 0.5) is 10.5 Å². The number of unbranched alkanes of at least 4 members (excludes halogenated alkanes) is 2. The smallest absolute Gasteiger partial charge is 0.319 e. The van der Waals surface area contributed by atoms with Crippen molar-refractivity contribution in [3.63, 3.8) is 0 Å². The Labute approximate surface area is 111 Å². The molecule has 0 spiro atoms. The van der Waals surface area contributed by atoms with Gasteiger partial charge in [0.2, 0.25) is 0 Å². The van der Waals surface area contributed by atoms with Crippen LogP contribution in [0.25, 0.3) is 0 Å². The topological polar surface area (TPSA) is 98.7 Å². The van der Waals surface area contributed by atoms with Crippen LogP contribution < -0.4 is 10.6 Å². The molecule has 0 atom stereocenters. The first-order valence-corrected chi connectivity index (χ1v) is 6.13. The Morgan fingerprint density at radius 3 is 2.63 bits per heavy atom. The van der Waals surface area contributed by atoms with Gasteiger partial charge in [-0.2, -0.15) is 0 Å². The van der Waals surface area contributed by atoms with Gasteiger partial charge in [-0.25, -0.2) is 4.79 Å². The molecule has 0 saturated heterocycles. The van der Waals surface area contributed by atoms with E-state index in [-0.39, 0.29) is 18.2 Å². The lowest BCUT2D eigenvalue weighted by molar-refractivity contribution is -0.137. The summed E-state index contributed by atoms with van der Waals surface area (Å²) in [5, 5.41) is 22.9. The molecule has 1 rings (SSSR count). The zero-order chi connectivity index (χ0) is 14.1. The lowest BCUT2D eigenvalue weighted by Gasteiger charge is -2.07. The number of benzene rings is 1. The van der Waals surface area contributed by atoms with E-state index in [0.717, 1.165) is 12.8 Å². The monoisotopic (exact) mass is 266 g/mol. The van der Waals surface area contributed by atoms with Crippen molar-refractivity contribution in [2.24, 2.45) is 0 Å². The van der Waals surface area contributed by atoms with E-state index < -0.39 is 5.97 Å². The summed E-state index contributed by atoms with van der Waals surface area (Å²) in [6, 6.07) is 5.94. The Hall–Kier alpha value is -2.24. The molecule has 0 unspecified atom stereocenters. The number of hydrogen-bond acceptors (Lipinski definition) is 3. The molecule has 0 aliphatic heterocycles. The number of anilines is 1. The van der Waals surface area contributed by atoms with E-state index in [2.05, 4.69) is 10.6 Å². The highest BCUT2D eigenvalue weighted by Crippen LogP contribution is 2.14. The van der Waals surface area contributed by atoms with Gasteiger partial charge in [-0.1, -0.05) is 12.5 Å². The van der Waals surface area contributed by atoms with Crippen molar-refractivity contribution in [3.05, 3.63) is 24.3 Å². The van der Waals surface area contributed by atoms with E-state index in [1.54, 1.807) is 12.1 Å². The number of phenolic OH excluding ortho intramolecular Hbond substituents is 1. The Kier molecular flexibility index (Phi) is 6.21. The van der Waals surface area contributed by atoms with Crippen LogP contribution in [0.1, 0.15) is 25.7 Å². The molecule has 19 heavy (non-hydrogen) atoms. The van der Waals surface area contributed by atoms with Crippen molar-refractivity contribution in [2.45, 2.75) is 25.7 Å². The maximum atomic E-state index is 11.5. The highest BCUT2D eigenvalue weighted by Gasteiger charge is 2.01. The Bertz CT molecular complexity index is 434. The number of nitrogens with one attached hydrogen (secondary N) is 2.